The Kier molecular flexibility index (Phi) is 9.72. The van der Waals surface area contributed by atoms with Crippen LogP contribution in [0.1, 0.15) is 36.7 Å². The average Bonchev–Trinajstić information content (AvgIpc) is 2.83. The lowest BCUT2D eigenvalue weighted by Gasteiger charge is -2.23. The van der Waals surface area contributed by atoms with Crippen molar-refractivity contribution in [3.05, 3.63) is 59.7 Å². The molecule has 178 valence electrons. The second-order valence-electron chi connectivity index (χ2n) is 7.80. The number of methoxy groups -OCH3 is 2. The van der Waals surface area contributed by atoms with E-state index in [1.165, 1.54) is 14.2 Å². The van der Waals surface area contributed by atoms with Crippen LogP contribution in [0.3, 0.4) is 0 Å². The zero-order valence-corrected chi connectivity index (χ0v) is 19.8. The number of nitrogens with one attached hydrogen (secondary N) is 1. The van der Waals surface area contributed by atoms with Crippen molar-refractivity contribution in [2.75, 3.05) is 27.4 Å². The number of likely N-dealkylation sites (N-methyl/N-ethyl adjacent to an activating group) is 1. The van der Waals surface area contributed by atoms with E-state index in [1.54, 1.807) is 36.9 Å². The van der Waals surface area contributed by atoms with Gasteiger partial charge in [-0.2, -0.15) is 0 Å². The number of amides is 2. The largest absolute Gasteiger partial charge is 0.497 e. The van der Waals surface area contributed by atoms with Gasteiger partial charge < -0.3 is 24.4 Å². The summed E-state index contributed by atoms with van der Waals surface area (Å²) in [6, 6.07) is 13.4. The lowest BCUT2D eigenvalue weighted by molar-refractivity contribution is -0.154. The van der Waals surface area contributed by atoms with Gasteiger partial charge in [0.05, 0.1) is 14.2 Å². The Balaban J connectivity index is 2.01. The molecule has 1 N–H and O–H groups in total. The number of rotatable bonds is 11. The van der Waals surface area contributed by atoms with Crippen molar-refractivity contribution in [3.8, 4) is 11.5 Å². The van der Waals surface area contributed by atoms with Crippen LogP contribution in [-0.4, -0.2) is 56.1 Å². The van der Waals surface area contributed by atoms with Gasteiger partial charge in [-0.05, 0) is 30.5 Å². The predicted molar refractivity (Wildman–Crippen MR) is 124 cm³/mol. The number of carbonyl (C=O) groups excluding carboxylic acids is 3. The van der Waals surface area contributed by atoms with Crippen LogP contribution in [0, 0.1) is 5.92 Å². The fourth-order valence-electron chi connectivity index (χ4n) is 3.15. The van der Waals surface area contributed by atoms with E-state index < -0.39 is 24.5 Å². The summed E-state index contributed by atoms with van der Waals surface area (Å²) in [7, 11) is 2.97. The number of ether oxygens (including phenoxy) is 3. The molecule has 0 aromatic heterocycles. The Morgan fingerprint density at radius 1 is 0.970 bits per heavy atom. The topological polar surface area (TPSA) is 94.2 Å². The molecule has 0 bridgehead atoms. The van der Waals surface area contributed by atoms with Crippen LogP contribution in [-0.2, 0) is 20.9 Å². The summed E-state index contributed by atoms with van der Waals surface area (Å²) in [5.74, 6) is -0.804. The summed E-state index contributed by atoms with van der Waals surface area (Å²) < 4.78 is 15.7. The molecule has 2 aromatic carbocycles. The maximum absolute atomic E-state index is 12.8. The Hall–Kier alpha value is -3.55. The molecule has 8 nitrogen and oxygen atoms in total. The maximum atomic E-state index is 12.8. The average molecular weight is 457 g/mol. The minimum Gasteiger partial charge on any atom is -0.497 e. The lowest BCUT2D eigenvalue weighted by Crippen LogP contribution is -2.46. The number of carbonyl (C=O) groups is 3. The summed E-state index contributed by atoms with van der Waals surface area (Å²) in [5.41, 5.74) is 1.26. The van der Waals surface area contributed by atoms with Gasteiger partial charge in [-0.25, -0.2) is 4.79 Å². The summed E-state index contributed by atoms with van der Waals surface area (Å²) in [4.78, 5) is 39.7. The normalized spacial score (nSPS) is 11.5. The molecule has 33 heavy (non-hydrogen) atoms. The molecular weight excluding hydrogens is 424 g/mol. The minimum absolute atomic E-state index is 0.254. The first-order chi connectivity index (χ1) is 15.8. The highest BCUT2D eigenvalue weighted by Crippen LogP contribution is 2.22. The van der Waals surface area contributed by atoms with Crippen LogP contribution < -0.4 is 14.8 Å². The van der Waals surface area contributed by atoms with Gasteiger partial charge in [0, 0.05) is 24.7 Å². The molecule has 0 saturated heterocycles. The predicted octanol–water partition coefficient (Wildman–Crippen LogP) is 3.05. The van der Waals surface area contributed by atoms with Gasteiger partial charge >= 0.3 is 5.97 Å². The molecule has 0 heterocycles. The van der Waals surface area contributed by atoms with Gasteiger partial charge in [0.25, 0.3) is 11.8 Å². The highest BCUT2D eigenvalue weighted by Gasteiger charge is 2.27. The summed E-state index contributed by atoms with van der Waals surface area (Å²) in [5, 5.41) is 2.69. The Morgan fingerprint density at radius 2 is 1.58 bits per heavy atom. The molecule has 0 spiro atoms. The van der Waals surface area contributed by atoms with E-state index in [2.05, 4.69) is 5.32 Å². The molecule has 0 saturated carbocycles. The third-order valence-electron chi connectivity index (χ3n) is 5.11. The minimum atomic E-state index is -0.924. The van der Waals surface area contributed by atoms with Gasteiger partial charge in [-0.15, -0.1) is 0 Å². The van der Waals surface area contributed by atoms with Gasteiger partial charge in [-0.3, -0.25) is 9.59 Å². The smallest absolute Gasteiger partial charge is 0.329 e. The van der Waals surface area contributed by atoms with Crippen LogP contribution in [0.4, 0.5) is 0 Å². The van der Waals surface area contributed by atoms with Crippen molar-refractivity contribution < 1.29 is 28.6 Å². The van der Waals surface area contributed by atoms with Gasteiger partial charge in [0.1, 0.15) is 17.5 Å². The van der Waals surface area contributed by atoms with Gasteiger partial charge in [-0.1, -0.05) is 44.2 Å². The lowest BCUT2D eigenvalue weighted by atomic mass is 10.0. The second-order valence-corrected chi connectivity index (χ2v) is 7.80. The van der Waals surface area contributed by atoms with E-state index in [-0.39, 0.29) is 17.4 Å². The fraction of sp³-hybridized carbons (Fsp3) is 0.400. The maximum Gasteiger partial charge on any atom is 0.329 e. The second kappa shape index (κ2) is 12.5. The number of hydrogen-bond acceptors (Lipinski definition) is 6. The van der Waals surface area contributed by atoms with Crippen LogP contribution in [0.5, 0.6) is 11.5 Å². The van der Waals surface area contributed by atoms with Crippen molar-refractivity contribution in [2.24, 2.45) is 5.92 Å². The Labute approximate surface area is 194 Å². The summed E-state index contributed by atoms with van der Waals surface area (Å²) >= 11 is 0. The van der Waals surface area contributed by atoms with Crippen molar-refractivity contribution in [1.82, 2.24) is 10.2 Å². The summed E-state index contributed by atoms with van der Waals surface area (Å²) in [6.07, 6.45) is 0. The molecule has 0 unspecified atom stereocenters. The number of esters is 1. The molecule has 0 radical (unpaired) electrons. The van der Waals surface area contributed by atoms with Crippen molar-refractivity contribution in [1.29, 1.82) is 0 Å². The number of nitrogens with zero attached hydrogens (tertiary/aromatic N) is 1. The molecule has 2 aromatic rings. The van der Waals surface area contributed by atoms with Crippen molar-refractivity contribution in [2.45, 2.75) is 33.4 Å². The zero-order valence-electron chi connectivity index (χ0n) is 19.8. The first kappa shape index (κ1) is 25.7. The van der Waals surface area contributed by atoms with Crippen LogP contribution in [0.15, 0.2) is 48.5 Å². The first-order valence-electron chi connectivity index (χ1n) is 10.8. The Morgan fingerprint density at radius 3 is 2.09 bits per heavy atom. The molecule has 1 atom stereocenters. The molecule has 0 aliphatic carbocycles. The van der Waals surface area contributed by atoms with Crippen LogP contribution in [0.2, 0.25) is 0 Å². The van der Waals surface area contributed by atoms with Crippen molar-refractivity contribution in [3.63, 3.8) is 0 Å². The third-order valence-corrected chi connectivity index (χ3v) is 5.11. The quantitative estimate of drug-likeness (QED) is 0.523. The third kappa shape index (κ3) is 7.52. The number of benzene rings is 2. The molecule has 2 rings (SSSR count). The molecule has 0 aliphatic heterocycles. The molecular formula is C25H32N2O6. The zero-order chi connectivity index (χ0) is 24.4. The monoisotopic (exact) mass is 456 g/mol. The van der Waals surface area contributed by atoms with E-state index in [4.69, 9.17) is 14.2 Å². The van der Waals surface area contributed by atoms with E-state index in [9.17, 15) is 14.4 Å². The highest BCUT2D eigenvalue weighted by atomic mass is 16.5. The summed E-state index contributed by atoms with van der Waals surface area (Å²) in [6.45, 7) is 5.94. The van der Waals surface area contributed by atoms with Gasteiger partial charge in [0.2, 0.25) is 0 Å². The van der Waals surface area contributed by atoms with Crippen molar-refractivity contribution >= 4 is 17.8 Å². The highest BCUT2D eigenvalue weighted by molar-refractivity contribution is 5.97. The fourth-order valence-corrected chi connectivity index (χ4v) is 3.15. The van der Waals surface area contributed by atoms with E-state index >= 15 is 0 Å². The van der Waals surface area contributed by atoms with E-state index in [0.29, 0.717) is 24.6 Å². The standard InChI is InChI=1S/C25H32N2O6/c1-6-27(15-18-10-8-7-9-11-18)22(28)16-33-25(30)23(17(2)3)26-24(29)19-12-20(31-4)14-21(13-19)32-5/h7-14,17,23H,6,15-16H2,1-5H3,(H,26,29)/t23-/m0/s1. The van der Waals surface area contributed by atoms with Crippen LogP contribution in [0.25, 0.3) is 0 Å². The molecule has 2 amide bonds. The first-order valence-corrected chi connectivity index (χ1v) is 10.8. The van der Waals surface area contributed by atoms with E-state index in [1.807, 2.05) is 37.3 Å². The Bertz CT molecular complexity index is 923. The molecule has 0 aliphatic rings. The van der Waals surface area contributed by atoms with E-state index in [0.717, 1.165) is 5.56 Å². The van der Waals surface area contributed by atoms with Crippen LogP contribution >= 0.6 is 0 Å². The molecule has 0 fully saturated rings. The number of hydrogen-bond donors (Lipinski definition) is 1. The molecule has 8 heteroatoms. The SMILES string of the molecule is CCN(Cc1ccccc1)C(=O)COC(=O)[C@@H](NC(=O)c1cc(OC)cc(OC)c1)C(C)C. The van der Waals surface area contributed by atoms with Gasteiger partial charge in [0.15, 0.2) is 6.61 Å².